The number of amides is 1. The van der Waals surface area contributed by atoms with Gasteiger partial charge in [0.15, 0.2) is 11.6 Å². The summed E-state index contributed by atoms with van der Waals surface area (Å²) in [5, 5.41) is 3.81. The Balaban J connectivity index is 1.46. The number of hydrazine groups is 1. The molecule has 0 bridgehead atoms. The number of carbonyl (C=O) groups is 1. The predicted octanol–water partition coefficient (Wildman–Crippen LogP) is 4.54. The zero-order chi connectivity index (χ0) is 25.2. The van der Waals surface area contributed by atoms with Gasteiger partial charge in [-0.3, -0.25) is 20.6 Å². The second-order valence-corrected chi connectivity index (χ2v) is 7.02. The number of para-hydroxylation sites is 2. The predicted molar refractivity (Wildman–Crippen MR) is 112 cm³/mol. The van der Waals surface area contributed by atoms with Gasteiger partial charge in [-0.25, -0.2) is 14.6 Å². The lowest BCUT2D eigenvalue weighted by Gasteiger charge is -2.13. The van der Waals surface area contributed by atoms with Gasteiger partial charge in [-0.15, -0.1) is 5.10 Å². The summed E-state index contributed by atoms with van der Waals surface area (Å²) in [7, 11) is 0. The summed E-state index contributed by atoms with van der Waals surface area (Å²) in [5.41, 5.74) is 2.69. The second-order valence-electron chi connectivity index (χ2n) is 7.02. The second kappa shape index (κ2) is 9.04. The van der Waals surface area contributed by atoms with Crippen LogP contribution in [0.2, 0.25) is 0 Å². The molecule has 2 aromatic carbocycles. The number of halogens is 6. The minimum Gasteiger partial charge on any atom is -0.280 e. The molecule has 35 heavy (non-hydrogen) atoms. The molecule has 180 valence electrons. The number of nitrogens with zero attached hydrogens (tertiary/aromatic N) is 5. The Kier molecular flexibility index (Phi) is 6.11. The molecule has 4 rings (SSSR count). The van der Waals surface area contributed by atoms with Gasteiger partial charge in [0.1, 0.15) is 6.33 Å². The van der Waals surface area contributed by atoms with Gasteiger partial charge in [0.25, 0.3) is 5.91 Å². The van der Waals surface area contributed by atoms with Gasteiger partial charge in [-0.1, -0.05) is 12.1 Å². The molecule has 14 heteroatoms. The fourth-order valence-corrected chi connectivity index (χ4v) is 2.89. The minimum absolute atomic E-state index is 0.0116. The molecule has 0 unspecified atom stereocenters. The van der Waals surface area contributed by atoms with Crippen LogP contribution >= 0.6 is 0 Å². The van der Waals surface area contributed by atoms with E-state index in [0.29, 0.717) is 23.2 Å². The van der Waals surface area contributed by atoms with E-state index in [1.807, 2.05) is 0 Å². The highest BCUT2D eigenvalue weighted by atomic mass is 19.4. The van der Waals surface area contributed by atoms with Crippen molar-refractivity contribution >= 4 is 29.0 Å². The maximum absolute atomic E-state index is 13.1. The Morgan fingerprint density at radius 2 is 1.57 bits per heavy atom. The van der Waals surface area contributed by atoms with Crippen LogP contribution in [0.5, 0.6) is 0 Å². The highest BCUT2D eigenvalue weighted by molar-refractivity contribution is 5.90. The molecule has 0 aliphatic carbocycles. The molecule has 0 saturated heterocycles. The van der Waals surface area contributed by atoms with Crippen LogP contribution in [0.4, 0.5) is 32.2 Å². The van der Waals surface area contributed by atoms with E-state index < -0.39 is 40.8 Å². The zero-order valence-electron chi connectivity index (χ0n) is 17.3. The first kappa shape index (κ1) is 23.7. The number of aromatic nitrogens is 5. The highest BCUT2D eigenvalue weighted by Crippen LogP contribution is 2.38. The number of rotatable bonds is 5. The van der Waals surface area contributed by atoms with Gasteiger partial charge >= 0.3 is 12.4 Å². The van der Waals surface area contributed by atoms with Crippen LogP contribution in [0.15, 0.2) is 61.1 Å². The van der Waals surface area contributed by atoms with Gasteiger partial charge in [-0.2, -0.15) is 26.3 Å². The third-order valence-electron chi connectivity index (χ3n) is 4.50. The quantitative estimate of drug-likeness (QED) is 0.241. The Morgan fingerprint density at radius 1 is 0.914 bits per heavy atom. The number of alkyl halides is 6. The first-order valence-electron chi connectivity index (χ1n) is 9.66. The summed E-state index contributed by atoms with van der Waals surface area (Å²) in [6, 6.07) is 8.12. The molecular formula is C21H13F6N7O. The normalized spacial score (nSPS) is 12.3. The molecule has 2 aromatic heterocycles. The van der Waals surface area contributed by atoms with Crippen molar-refractivity contribution < 1.29 is 31.1 Å². The number of fused-ring (bicyclic) bond motifs is 1. The fourth-order valence-electron chi connectivity index (χ4n) is 2.89. The molecule has 2 N–H and O–H groups in total. The summed E-state index contributed by atoms with van der Waals surface area (Å²) < 4.78 is 79.3. The van der Waals surface area contributed by atoms with Crippen molar-refractivity contribution in [1.29, 1.82) is 0 Å². The van der Waals surface area contributed by atoms with Crippen molar-refractivity contribution in [1.82, 2.24) is 30.2 Å². The molecule has 8 nitrogen and oxygen atoms in total. The number of hydrogen-bond donors (Lipinski definition) is 2. The van der Waals surface area contributed by atoms with Crippen LogP contribution in [-0.2, 0) is 17.1 Å². The first-order chi connectivity index (χ1) is 16.5. The van der Waals surface area contributed by atoms with Crippen LogP contribution in [0.25, 0.3) is 28.6 Å². The lowest BCUT2D eigenvalue weighted by Crippen LogP contribution is -2.28. The molecule has 4 aromatic rings. The molecule has 0 aliphatic rings. The van der Waals surface area contributed by atoms with E-state index in [0.717, 1.165) is 23.3 Å². The lowest BCUT2D eigenvalue weighted by molar-refractivity contribution is -0.143. The van der Waals surface area contributed by atoms with Crippen LogP contribution in [0.3, 0.4) is 0 Å². The number of nitrogens with one attached hydrogen (secondary N) is 2. The van der Waals surface area contributed by atoms with Crippen LogP contribution < -0.4 is 10.9 Å². The van der Waals surface area contributed by atoms with Crippen LogP contribution in [0, 0.1) is 0 Å². The van der Waals surface area contributed by atoms with Crippen molar-refractivity contribution in [2.45, 2.75) is 12.4 Å². The van der Waals surface area contributed by atoms with Gasteiger partial charge in [0, 0.05) is 17.8 Å². The Labute approximate surface area is 192 Å². The molecule has 0 aliphatic heterocycles. The Bertz CT molecular complexity index is 1380. The Morgan fingerprint density at radius 3 is 2.23 bits per heavy atom. The van der Waals surface area contributed by atoms with Crippen molar-refractivity contribution in [3.05, 3.63) is 72.2 Å². The van der Waals surface area contributed by atoms with E-state index in [2.05, 4.69) is 30.9 Å². The summed E-state index contributed by atoms with van der Waals surface area (Å²) in [5.74, 6) is -0.787. The van der Waals surface area contributed by atoms with E-state index in [9.17, 15) is 31.1 Å². The third kappa shape index (κ3) is 5.72. The summed E-state index contributed by atoms with van der Waals surface area (Å²) in [6.07, 6.45) is -5.46. The largest absolute Gasteiger partial charge is 0.416 e. The molecular weight excluding hydrogens is 480 g/mol. The van der Waals surface area contributed by atoms with Crippen molar-refractivity contribution in [3.63, 3.8) is 0 Å². The SMILES string of the molecule is O=C(/C=C\n1cnc(-c2cc(C(F)(F)F)cc(C(F)(F)F)c2)n1)NNc1cnc2ccccc2n1. The maximum Gasteiger partial charge on any atom is 0.416 e. The lowest BCUT2D eigenvalue weighted by atomic mass is 10.0. The van der Waals surface area contributed by atoms with Gasteiger partial charge < -0.3 is 0 Å². The number of benzene rings is 2. The molecule has 0 saturated carbocycles. The van der Waals surface area contributed by atoms with Crippen LogP contribution in [0.1, 0.15) is 11.1 Å². The monoisotopic (exact) mass is 493 g/mol. The minimum atomic E-state index is -5.00. The van der Waals surface area contributed by atoms with Gasteiger partial charge in [0.05, 0.1) is 28.4 Å². The average molecular weight is 493 g/mol. The standard InChI is InChI=1S/C21H13F6N7O/c22-20(23,24)13-7-12(8-14(9-13)21(25,26)27)19-29-11-34(33-19)6-5-18(35)32-31-17-10-28-15-3-1-2-4-16(15)30-17/h1-11H,(H,30,31)(H,32,35)/b6-5-. The van der Waals surface area contributed by atoms with Crippen LogP contribution in [-0.4, -0.2) is 30.6 Å². The third-order valence-corrected chi connectivity index (χ3v) is 4.50. The first-order valence-corrected chi connectivity index (χ1v) is 9.66. The Hall–Kier alpha value is -4.49. The van der Waals surface area contributed by atoms with E-state index in [-0.39, 0.29) is 11.9 Å². The maximum atomic E-state index is 13.1. The molecule has 1 amide bonds. The zero-order valence-corrected chi connectivity index (χ0v) is 17.3. The van der Waals surface area contributed by atoms with Crippen molar-refractivity contribution in [2.24, 2.45) is 0 Å². The smallest absolute Gasteiger partial charge is 0.280 e. The van der Waals surface area contributed by atoms with Crippen molar-refractivity contribution in [2.75, 3.05) is 5.43 Å². The van der Waals surface area contributed by atoms with Gasteiger partial charge in [0.2, 0.25) is 0 Å². The molecule has 0 radical (unpaired) electrons. The van der Waals surface area contributed by atoms with Crippen molar-refractivity contribution in [3.8, 4) is 11.4 Å². The van der Waals surface area contributed by atoms with Gasteiger partial charge in [-0.05, 0) is 30.3 Å². The summed E-state index contributed by atoms with van der Waals surface area (Å²) >= 11 is 0. The average Bonchev–Trinajstić information content (AvgIpc) is 3.29. The molecule has 0 fully saturated rings. The summed E-state index contributed by atoms with van der Waals surface area (Å²) in [6.45, 7) is 0. The summed E-state index contributed by atoms with van der Waals surface area (Å²) in [4.78, 5) is 24.2. The fraction of sp³-hybridized carbons (Fsp3) is 0.0952. The number of carbonyl (C=O) groups excluding carboxylic acids is 1. The molecule has 2 heterocycles. The number of anilines is 1. The number of hydrogen-bond acceptors (Lipinski definition) is 6. The van der Waals surface area contributed by atoms with E-state index in [1.165, 1.54) is 6.20 Å². The molecule has 0 spiro atoms. The van der Waals surface area contributed by atoms with E-state index >= 15 is 0 Å². The molecule has 0 atom stereocenters. The van der Waals surface area contributed by atoms with E-state index in [4.69, 9.17) is 0 Å². The topological polar surface area (TPSA) is 97.6 Å². The highest BCUT2D eigenvalue weighted by Gasteiger charge is 2.37. The van der Waals surface area contributed by atoms with E-state index in [1.54, 1.807) is 24.3 Å².